The van der Waals surface area contributed by atoms with Crippen molar-refractivity contribution in [3.8, 4) is 5.75 Å². The number of benzene rings is 2. The highest BCUT2D eigenvalue weighted by molar-refractivity contribution is 6.00. The minimum absolute atomic E-state index is 0.0672. The van der Waals surface area contributed by atoms with Gasteiger partial charge in [-0.3, -0.25) is 9.69 Å². The Kier molecular flexibility index (Phi) is 5.41. The SMILES string of the molecule is CCOc1ccc(N2CCN(CC(=O)N(C)c3ccccc3)C2=O)cc1. The molecule has 0 aromatic heterocycles. The molecule has 0 atom stereocenters. The maximum absolute atomic E-state index is 12.7. The number of urea groups is 1. The van der Waals surface area contributed by atoms with Crippen LogP contribution in [0.3, 0.4) is 0 Å². The molecule has 1 saturated heterocycles. The van der Waals surface area contributed by atoms with Crippen molar-refractivity contribution < 1.29 is 14.3 Å². The third kappa shape index (κ3) is 3.79. The second-order valence-corrected chi connectivity index (χ2v) is 6.07. The van der Waals surface area contributed by atoms with E-state index in [-0.39, 0.29) is 18.5 Å². The van der Waals surface area contributed by atoms with Gasteiger partial charge in [-0.05, 0) is 43.3 Å². The summed E-state index contributed by atoms with van der Waals surface area (Å²) < 4.78 is 5.43. The highest BCUT2D eigenvalue weighted by Gasteiger charge is 2.31. The Labute approximate surface area is 153 Å². The standard InChI is InChI=1S/C20H23N3O3/c1-3-26-18-11-9-17(10-12-18)23-14-13-22(20(23)25)15-19(24)21(2)16-7-5-4-6-8-16/h4-12H,3,13-15H2,1-2H3. The van der Waals surface area contributed by atoms with E-state index in [1.165, 1.54) is 0 Å². The summed E-state index contributed by atoms with van der Waals surface area (Å²) in [5.74, 6) is 0.664. The largest absolute Gasteiger partial charge is 0.494 e. The summed E-state index contributed by atoms with van der Waals surface area (Å²) in [7, 11) is 1.72. The van der Waals surface area contributed by atoms with Gasteiger partial charge in [-0.2, -0.15) is 0 Å². The molecule has 1 fully saturated rings. The lowest BCUT2D eigenvalue weighted by atomic mass is 10.3. The number of anilines is 2. The van der Waals surface area contributed by atoms with Crippen LogP contribution in [0.15, 0.2) is 54.6 Å². The van der Waals surface area contributed by atoms with Crippen LogP contribution in [0.25, 0.3) is 0 Å². The molecule has 0 unspecified atom stereocenters. The first-order chi connectivity index (χ1) is 12.6. The molecule has 6 heteroatoms. The predicted octanol–water partition coefficient (Wildman–Crippen LogP) is 2.99. The third-order valence-corrected chi connectivity index (χ3v) is 4.40. The van der Waals surface area contributed by atoms with Crippen LogP contribution < -0.4 is 14.5 Å². The molecule has 1 aliphatic heterocycles. The van der Waals surface area contributed by atoms with Crippen LogP contribution in [-0.2, 0) is 4.79 Å². The zero-order chi connectivity index (χ0) is 18.5. The number of likely N-dealkylation sites (N-methyl/N-ethyl adjacent to an activating group) is 1. The zero-order valence-corrected chi connectivity index (χ0v) is 15.1. The van der Waals surface area contributed by atoms with E-state index in [1.807, 2.05) is 61.5 Å². The second kappa shape index (κ2) is 7.91. The van der Waals surface area contributed by atoms with Gasteiger partial charge in [0.05, 0.1) is 6.61 Å². The Bertz CT molecular complexity index is 762. The Balaban J connectivity index is 1.62. The lowest BCUT2D eigenvalue weighted by Crippen LogP contribution is -2.40. The third-order valence-electron chi connectivity index (χ3n) is 4.40. The first-order valence-electron chi connectivity index (χ1n) is 8.71. The van der Waals surface area contributed by atoms with E-state index in [0.29, 0.717) is 19.7 Å². The van der Waals surface area contributed by atoms with Gasteiger partial charge in [0.1, 0.15) is 12.3 Å². The van der Waals surface area contributed by atoms with Crippen molar-refractivity contribution in [3.05, 3.63) is 54.6 Å². The van der Waals surface area contributed by atoms with Gasteiger partial charge in [0.15, 0.2) is 0 Å². The number of carbonyl (C=O) groups is 2. The van der Waals surface area contributed by atoms with Crippen molar-refractivity contribution in [1.82, 2.24) is 4.90 Å². The van der Waals surface area contributed by atoms with Gasteiger partial charge >= 0.3 is 6.03 Å². The van der Waals surface area contributed by atoms with E-state index < -0.39 is 0 Å². The van der Waals surface area contributed by atoms with E-state index in [2.05, 4.69) is 0 Å². The van der Waals surface area contributed by atoms with Crippen LogP contribution in [0.2, 0.25) is 0 Å². The van der Waals surface area contributed by atoms with Gasteiger partial charge in [-0.1, -0.05) is 18.2 Å². The molecule has 1 heterocycles. The van der Waals surface area contributed by atoms with E-state index in [9.17, 15) is 9.59 Å². The average molecular weight is 353 g/mol. The molecule has 0 spiro atoms. The van der Waals surface area contributed by atoms with E-state index in [4.69, 9.17) is 4.74 Å². The number of carbonyl (C=O) groups excluding carboxylic acids is 2. The summed E-state index contributed by atoms with van der Waals surface area (Å²) >= 11 is 0. The Morgan fingerprint density at radius 2 is 1.77 bits per heavy atom. The predicted molar refractivity (Wildman–Crippen MR) is 102 cm³/mol. The molecule has 26 heavy (non-hydrogen) atoms. The Hall–Kier alpha value is -3.02. The number of rotatable bonds is 6. The lowest BCUT2D eigenvalue weighted by molar-refractivity contribution is -0.118. The number of amides is 3. The van der Waals surface area contributed by atoms with Crippen LogP contribution in [0.1, 0.15) is 6.92 Å². The molecule has 0 N–H and O–H groups in total. The Morgan fingerprint density at radius 1 is 1.08 bits per heavy atom. The van der Waals surface area contributed by atoms with Gasteiger partial charge in [0.25, 0.3) is 0 Å². The minimum atomic E-state index is -0.149. The first kappa shape index (κ1) is 17.8. The van der Waals surface area contributed by atoms with Crippen molar-refractivity contribution >= 4 is 23.3 Å². The fraction of sp³-hybridized carbons (Fsp3) is 0.300. The maximum atomic E-state index is 12.7. The second-order valence-electron chi connectivity index (χ2n) is 6.07. The quantitative estimate of drug-likeness (QED) is 0.802. The number of para-hydroxylation sites is 1. The summed E-state index contributed by atoms with van der Waals surface area (Å²) in [6, 6.07) is 16.7. The van der Waals surface area contributed by atoms with Crippen LogP contribution in [0.4, 0.5) is 16.2 Å². The van der Waals surface area contributed by atoms with E-state index in [1.54, 1.807) is 21.7 Å². The fourth-order valence-electron chi connectivity index (χ4n) is 2.92. The minimum Gasteiger partial charge on any atom is -0.494 e. The first-order valence-corrected chi connectivity index (χ1v) is 8.71. The molecule has 0 aliphatic carbocycles. The van der Waals surface area contributed by atoms with Crippen LogP contribution in [0.5, 0.6) is 5.75 Å². The molecular weight excluding hydrogens is 330 g/mol. The van der Waals surface area contributed by atoms with Crippen LogP contribution >= 0.6 is 0 Å². The monoisotopic (exact) mass is 353 g/mol. The van der Waals surface area contributed by atoms with Gasteiger partial charge in [-0.15, -0.1) is 0 Å². The molecule has 2 aromatic carbocycles. The zero-order valence-electron chi connectivity index (χ0n) is 15.1. The normalized spacial score (nSPS) is 13.8. The number of ether oxygens (including phenoxy) is 1. The van der Waals surface area contributed by atoms with Crippen molar-refractivity contribution in [2.75, 3.05) is 43.1 Å². The van der Waals surface area contributed by atoms with Crippen molar-refractivity contribution in [1.29, 1.82) is 0 Å². The highest BCUT2D eigenvalue weighted by atomic mass is 16.5. The summed E-state index contributed by atoms with van der Waals surface area (Å²) in [4.78, 5) is 30.0. The van der Waals surface area contributed by atoms with Gasteiger partial charge < -0.3 is 14.5 Å². The molecule has 6 nitrogen and oxygen atoms in total. The summed E-state index contributed by atoms with van der Waals surface area (Å²) in [6.07, 6.45) is 0. The molecule has 1 aliphatic rings. The molecule has 0 saturated carbocycles. The van der Waals surface area contributed by atoms with Crippen molar-refractivity contribution in [3.63, 3.8) is 0 Å². The van der Waals surface area contributed by atoms with Crippen LogP contribution in [0, 0.1) is 0 Å². The van der Waals surface area contributed by atoms with Gasteiger partial charge in [-0.25, -0.2) is 4.79 Å². The molecule has 3 amide bonds. The van der Waals surface area contributed by atoms with Crippen LogP contribution in [-0.4, -0.2) is 50.1 Å². The van der Waals surface area contributed by atoms with Crippen molar-refractivity contribution in [2.24, 2.45) is 0 Å². The molecule has 136 valence electrons. The number of nitrogens with zero attached hydrogens (tertiary/aromatic N) is 3. The fourth-order valence-corrected chi connectivity index (χ4v) is 2.92. The van der Waals surface area contributed by atoms with Crippen molar-refractivity contribution in [2.45, 2.75) is 6.92 Å². The topological polar surface area (TPSA) is 53.1 Å². The van der Waals surface area contributed by atoms with E-state index >= 15 is 0 Å². The van der Waals surface area contributed by atoms with Gasteiger partial charge in [0.2, 0.25) is 5.91 Å². The summed E-state index contributed by atoms with van der Waals surface area (Å²) in [6.45, 7) is 3.69. The lowest BCUT2D eigenvalue weighted by Gasteiger charge is -2.22. The maximum Gasteiger partial charge on any atom is 0.325 e. The van der Waals surface area contributed by atoms with Gasteiger partial charge in [0, 0.05) is 31.5 Å². The molecule has 2 aromatic rings. The van der Waals surface area contributed by atoms with E-state index in [0.717, 1.165) is 17.1 Å². The summed E-state index contributed by atoms with van der Waals surface area (Å²) in [5, 5.41) is 0. The number of hydrogen-bond acceptors (Lipinski definition) is 3. The molecular formula is C20H23N3O3. The average Bonchev–Trinajstić information content (AvgIpc) is 3.03. The smallest absolute Gasteiger partial charge is 0.325 e. The molecule has 0 bridgehead atoms. The summed E-state index contributed by atoms with van der Waals surface area (Å²) in [5.41, 5.74) is 1.62. The molecule has 0 radical (unpaired) electrons. The number of hydrogen-bond donors (Lipinski definition) is 0. The Morgan fingerprint density at radius 3 is 2.42 bits per heavy atom. The molecule has 3 rings (SSSR count). The highest BCUT2D eigenvalue weighted by Crippen LogP contribution is 2.23.